The highest BCUT2D eigenvalue weighted by molar-refractivity contribution is 7.92. The minimum atomic E-state index is -5.38. The van der Waals surface area contributed by atoms with E-state index in [1.54, 1.807) is 26.0 Å². The number of aromatic nitrogens is 2. The Morgan fingerprint density at radius 1 is 0.941 bits per heavy atom. The van der Waals surface area contributed by atoms with Crippen LogP contribution in [0.1, 0.15) is 30.8 Å². The average Bonchev–Trinajstić information content (AvgIpc) is 3.19. The Bertz CT molecular complexity index is 1480. The highest BCUT2D eigenvalue weighted by Crippen LogP contribution is 2.33. The van der Waals surface area contributed by atoms with E-state index in [9.17, 15) is 26.7 Å². The Morgan fingerprint density at radius 2 is 1.62 bits per heavy atom. The molecular formula is C25H21F3N2O3S. The molecule has 0 aliphatic rings. The van der Waals surface area contributed by atoms with Crippen molar-refractivity contribution in [2.24, 2.45) is 0 Å². The van der Waals surface area contributed by atoms with Gasteiger partial charge in [-0.2, -0.15) is 13.2 Å². The highest BCUT2D eigenvalue weighted by atomic mass is 32.2. The number of sulfone groups is 1. The number of hydrogen-bond acceptors (Lipinski definition) is 4. The zero-order valence-electron chi connectivity index (χ0n) is 18.3. The summed E-state index contributed by atoms with van der Waals surface area (Å²) in [5.74, 6) is 0.523. The van der Waals surface area contributed by atoms with Crippen LogP contribution in [0.2, 0.25) is 0 Å². The van der Waals surface area contributed by atoms with Crippen LogP contribution in [0, 0.1) is 0 Å². The van der Waals surface area contributed by atoms with E-state index in [4.69, 9.17) is 0 Å². The summed E-state index contributed by atoms with van der Waals surface area (Å²) in [5.41, 5.74) is -1.77. The van der Waals surface area contributed by atoms with Gasteiger partial charge in [0, 0.05) is 0 Å². The molecule has 0 radical (unpaired) electrons. The fraction of sp³-hybridized carbons (Fsp3) is 0.160. The summed E-state index contributed by atoms with van der Waals surface area (Å²) >= 11 is 0. The molecule has 1 heterocycles. The third-order valence-corrected chi connectivity index (χ3v) is 6.83. The van der Waals surface area contributed by atoms with Gasteiger partial charge < -0.3 is 10.1 Å². The van der Waals surface area contributed by atoms with E-state index in [0.29, 0.717) is 16.9 Å². The minimum absolute atomic E-state index is 0.515. The van der Waals surface area contributed by atoms with Gasteiger partial charge in [-0.25, -0.2) is 13.4 Å². The summed E-state index contributed by atoms with van der Waals surface area (Å²) in [6, 6.07) is 17.7. The molecule has 0 unspecified atom stereocenters. The number of alkyl halides is 3. The summed E-state index contributed by atoms with van der Waals surface area (Å²) < 4.78 is 61.0. The molecule has 0 saturated carbocycles. The fourth-order valence-corrected chi connectivity index (χ4v) is 4.37. The summed E-state index contributed by atoms with van der Waals surface area (Å²) in [6.45, 7) is 3.46. The van der Waals surface area contributed by atoms with Crippen LogP contribution in [0.4, 0.5) is 13.2 Å². The molecule has 9 heteroatoms. The van der Waals surface area contributed by atoms with Crippen molar-refractivity contribution in [3.05, 3.63) is 83.7 Å². The number of aliphatic hydroxyl groups is 1. The number of fused-ring (bicyclic) bond motifs is 1. The molecule has 0 spiro atoms. The van der Waals surface area contributed by atoms with Gasteiger partial charge in [0.15, 0.2) is 0 Å². The summed E-state index contributed by atoms with van der Waals surface area (Å²) in [5, 5.41) is 10.5. The van der Waals surface area contributed by atoms with Crippen LogP contribution < -0.4 is 0 Å². The highest BCUT2D eigenvalue weighted by Gasteiger charge is 2.46. The molecule has 0 atom stereocenters. The zero-order chi connectivity index (χ0) is 24.7. The maximum Gasteiger partial charge on any atom is 0.501 e. The van der Waals surface area contributed by atoms with E-state index in [1.807, 2.05) is 42.5 Å². The molecule has 0 fully saturated rings. The first kappa shape index (κ1) is 23.7. The first-order valence-electron chi connectivity index (χ1n) is 10.3. The molecular weight excluding hydrogens is 465 g/mol. The molecule has 1 aromatic heterocycles. The molecule has 0 amide bonds. The van der Waals surface area contributed by atoms with Crippen LogP contribution in [0.3, 0.4) is 0 Å². The van der Waals surface area contributed by atoms with E-state index >= 15 is 0 Å². The quantitative estimate of drug-likeness (QED) is 0.367. The molecule has 0 aliphatic carbocycles. The Labute approximate surface area is 194 Å². The number of nitrogens with one attached hydrogen (secondary N) is 1. The molecule has 0 saturated heterocycles. The van der Waals surface area contributed by atoms with Gasteiger partial charge in [-0.05, 0) is 66.4 Å². The van der Waals surface area contributed by atoms with Crippen molar-refractivity contribution in [1.82, 2.24) is 9.97 Å². The number of rotatable bonds is 5. The summed E-state index contributed by atoms with van der Waals surface area (Å²) in [7, 11) is -5.38. The normalized spacial score (nSPS) is 13.1. The van der Waals surface area contributed by atoms with Gasteiger partial charge in [0.2, 0.25) is 0 Å². The molecule has 176 valence electrons. The number of aromatic amines is 1. The number of hydrogen-bond donors (Lipinski definition) is 2. The molecule has 2 N–H and O–H groups in total. The zero-order valence-corrected chi connectivity index (χ0v) is 19.1. The number of benzene rings is 3. The van der Waals surface area contributed by atoms with Crippen molar-refractivity contribution in [3.8, 4) is 11.1 Å². The Morgan fingerprint density at radius 3 is 2.26 bits per heavy atom. The van der Waals surface area contributed by atoms with E-state index in [2.05, 4.69) is 9.97 Å². The van der Waals surface area contributed by atoms with Gasteiger partial charge in [-0.3, -0.25) is 0 Å². The third kappa shape index (κ3) is 4.62. The standard InChI is InChI=1S/C25H21F3N2O3S/c1-24(2,31)20-6-4-3-5-19(20)17-10-13-21-22(15-17)30-23(29-21)14-9-16-7-11-18(12-8-16)34(32,33)25(26,27)28/h3-15,31H,1-2H3,(H,29,30). The van der Waals surface area contributed by atoms with Gasteiger partial charge in [-0.1, -0.05) is 48.5 Å². The predicted octanol–water partition coefficient (Wildman–Crippen LogP) is 5.92. The van der Waals surface area contributed by atoms with Gasteiger partial charge >= 0.3 is 5.51 Å². The van der Waals surface area contributed by atoms with Gasteiger partial charge in [0.05, 0.1) is 21.5 Å². The second-order valence-electron chi connectivity index (χ2n) is 8.31. The molecule has 4 aromatic rings. The second-order valence-corrected chi connectivity index (χ2v) is 10.3. The van der Waals surface area contributed by atoms with E-state index in [1.165, 1.54) is 12.1 Å². The smallest absolute Gasteiger partial charge is 0.386 e. The maximum atomic E-state index is 12.7. The third-order valence-electron chi connectivity index (χ3n) is 5.33. The minimum Gasteiger partial charge on any atom is -0.386 e. The summed E-state index contributed by atoms with van der Waals surface area (Å²) in [6.07, 6.45) is 3.27. The van der Waals surface area contributed by atoms with Crippen molar-refractivity contribution < 1.29 is 26.7 Å². The van der Waals surface area contributed by atoms with Crippen molar-refractivity contribution in [2.45, 2.75) is 29.9 Å². The van der Waals surface area contributed by atoms with Crippen LogP contribution in [-0.4, -0.2) is 29.0 Å². The maximum absolute atomic E-state index is 12.7. The van der Waals surface area contributed by atoms with Gasteiger partial charge in [0.25, 0.3) is 9.84 Å². The first-order chi connectivity index (χ1) is 15.9. The van der Waals surface area contributed by atoms with Gasteiger partial charge in [0.1, 0.15) is 5.82 Å². The van der Waals surface area contributed by atoms with Crippen LogP contribution in [-0.2, 0) is 15.4 Å². The molecule has 34 heavy (non-hydrogen) atoms. The topological polar surface area (TPSA) is 83.0 Å². The van der Waals surface area contributed by atoms with Crippen molar-refractivity contribution in [3.63, 3.8) is 0 Å². The Kier molecular flexibility index (Phi) is 5.87. The van der Waals surface area contributed by atoms with E-state index in [-0.39, 0.29) is 0 Å². The largest absolute Gasteiger partial charge is 0.501 e. The lowest BCUT2D eigenvalue weighted by atomic mass is 9.89. The summed E-state index contributed by atoms with van der Waals surface area (Å²) in [4.78, 5) is 6.89. The van der Waals surface area contributed by atoms with Crippen LogP contribution in [0.15, 0.2) is 71.6 Å². The van der Waals surface area contributed by atoms with Gasteiger partial charge in [-0.15, -0.1) is 0 Å². The second kappa shape index (κ2) is 8.41. The van der Waals surface area contributed by atoms with Crippen LogP contribution in [0.25, 0.3) is 34.3 Å². The van der Waals surface area contributed by atoms with Crippen molar-refractivity contribution in [1.29, 1.82) is 0 Å². The fourth-order valence-electron chi connectivity index (χ4n) is 3.61. The Balaban J connectivity index is 1.61. The lowest BCUT2D eigenvalue weighted by molar-refractivity contribution is -0.0436. The van der Waals surface area contributed by atoms with E-state index < -0.39 is 25.8 Å². The van der Waals surface area contributed by atoms with Crippen molar-refractivity contribution >= 4 is 33.0 Å². The number of halogens is 3. The number of imidazole rings is 1. The number of nitrogens with zero attached hydrogens (tertiary/aromatic N) is 1. The lowest BCUT2D eigenvalue weighted by Gasteiger charge is -2.21. The molecule has 4 rings (SSSR count). The molecule has 5 nitrogen and oxygen atoms in total. The first-order valence-corrected chi connectivity index (χ1v) is 11.8. The monoisotopic (exact) mass is 486 g/mol. The average molecular weight is 487 g/mol. The van der Waals surface area contributed by atoms with Crippen molar-refractivity contribution in [2.75, 3.05) is 0 Å². The van der Waals surface area contributed by atoms with Crippen LogP contribution >= 0.6 is 0 Å². The van der Waals surface area contributed by atoms with E-state index in [0.717, 1.165) is 34.3 Å². The molecule has 3 aromatic carbocycles. The Hall–Kier alpha value is -3.43. The SMILES string of the molecule is CC(C)(O)c1ccccc1-c1ccc2[nH]c(C=Cc3ccc(S(=O)(=O)C(F)(F)F)cc3)nc2c1. The molecule has 0 bridgehead atoms. The predicted molar refractivity (Wildman–Crippen MR) is 125 cm³/mol. The lowest BCUT2D eigenvalue weighted by Crippen LogP contribution is -2.23. The van der Waals surface area contributed by atoms with Crippen LogP contribution in [0.5, 0.6) is 0 Å². The number of H-pyrrole nitrogens is 1. The molecule has 0 aliphatic heterocycles.